The van der Waals surface area contributed by atoms with E-state index in [1.165, 1.54) is 9.75 Å². The lowest BCUT2D eigenvalue weighted by Gasteiger charge is -2.25. The minimum absolute atomic E-state index is 0. The van der Waals surface area contributed by atoms with Crippen LogP contribution >= 0.6 is 35.3 Å². The lowest BCUT2D eigenvalue weighted by Crippen LogP contribution is -2.46. The molecule has 7 nitrogen and oxygen atoms in total. The number of guanidine groups is 1. The topological polar surface area (TPSA) is 76.4 Å². The second kappa shape index (κ2) is 10.2. The lowest BCUT2D eigenvalue weighted by molar-refractivity contribution is 0.177. The van der Waals surface area contributed by atoms with Crippen LogP contribution in [0.4, 0.5) is 0 Å². The minimum atomic E-state index is 0. The Balaban J connectivity index is 0.00000243. The van der Waals surface area contributed by atoms with Crippen molar-refractivity contribution >= 4 is 41.3 Å². The maximum Gasteiger partial charge on any atom is 0.191 e. The van der Waals surface area contributed by atoms with Crippen molar-refractivity contribution in [1.82, 2.24) is 25.4 Å². The SMILES string of the molecule is CCc1ccc(CNC(=NC)NC2CCc3nc(COC)nn3C2)s1.I. The Morgan fingerprint density at radius 3 is 2.92 bits per heavy atom. The van der Waals surface area contributed by atoms with E-state index < -0.39 is 0 Å². The van der Waals surface area contributed by atoms with Crippen LogP contribution in [0.1, 0.15) is 34.7 Å². The number of nitrogens with one attached hydrogen (secondary N) is 2. The van der Waals surface area contributed by atoms with E-state index in [1.807, 2.05) is 23.1 Å². The third-order valence-electron chi connectivity index (χ3n) is 4.24. The summed E-state index contributed by atoms with van der Waals surface area (Å²) >= 11 is 1.85. The summed E-state index contributed by atoms with van der Waals surface area (Å²) in [7, 11) is 3.47. The van der Waals surface area contributed by atoms with E-state index in [0.29, 0.717) is 12.6 Å². The Bertz CT molecular complexity index is 729. The Morgan fingerprint density at radius 2 is 2.23 bits per heavy atom. The van der Waals surface area contributed by atoms with E-state index in [-0.39, 0.29) is 24.0 Å². The number of hydrogen-bond acceptors (Lipinski definition) is 5. The summed E-state index contributed by atoms with van der Waals surface area (Å²) in [5.41, 5.74) is 0. The Hall–Kier alpha value is -1.20. The van der Waals surface area contributed by atoms with Crippen molar-refractivity contribution in [2.24, 2.45) is 4.99 Å². The smallest absolute Gasteiger partial charge is 0.191 e. The second-order valence-corrected chi connectivity index (χ2v) is 7.34. The quantitative estimate of drug-likeness (QED) is 0.370. The average molecular weight is 490 g/mol. The van der Waals surface area contributed by atoms with Crippen molar-refractivity contribution < 1.29 is 4.74 Å². The predicted molar refractivity (Wildman–Crippen MR) is 115 cm³/mol. The molecular weight excluding hydrogens is 463 g/mol. The van der Waals surface area contributed by atoms with Gasteiger partial charge in [-0.1, -0.05) is 6.92 Å². The molecule has 0 aromatic carbocycles. The van der Waals surface area contributed by atoms with Gasteiger partial charge in [-0.25, -0.2) is 9.67 Å². The molecule has 1 unspecified atom stereocenters. The molecule has 3 rings (SSSR count). The molecule has 1 aliphatic heterocycles. The molecule has 0 fully saturated rings. The van der Waals surface area contributed by atoms with Crippen LogP contribution in [-0.4, -0.2) is 40.9 Å². The van der Waals surface area contributed by atoms with Gasteiger partial charge in [-0.15, -0.1) is 35.3 Å². The normalized spacial score (nSPS) is 16.7. The number of fused-ring (bicyclic) bond motifs is 1. The Morgan fingerprint density at radius 1 is 1.42 bits per heavy atom. The molecule has 2 aromatic heterocycles. The van der Waals surface area contributed by atoms with Gasteiger partial charge in [-0.05, 0) is 25.0 Å². The number of methoxy groups -OCH3 is 1. The first-order chi connectivity index (χ1) is 12.2. The minimum Gasteiger partial charge on any atom is -0.377 e. The van der Waals surface area contributed by atoms with Crippen LogP contribution in [0.3, 0.4) is 0 Å². The van der Waals surface area contributed by atoms with E-state index >= 15 is 0 Å². The van der Waals surface area contributed by atoms with E-state index in [0.717, 1.165) is 50.0 Å². The molecule has 1 aliphatic rings. The molecule has 2 N–H and O–H groups in total. The van der Waals surface area contributed by atoms with Crippen molar-refractivity contribution in [3.05, 3.63) is 33.5 Å². The van der Waals surface area contributed by atoms with Gasteiger partial charge in [-0.2, -0.15) is 5.10 Å². The average Bonchev–Trinajstić information content (AvgIpc) is 3.24. The van der Waals surface area contributed by atoms with Gasteiger partial charge in [0.2, 0.25) is 0 Å². The highest BCUT2D eigenvalue weighted by Crippen LogP contribution is 2.17. The molecule has 9 heteroatoms. The molecule has 2 aromatic rings. The highest BCUT2D eigenvalue weighted by molar-refractivity contribution is 14.0. The standard InChI is InChI=1S/C17H26N6OS.HI/c1-4-13-6-7-14(25-13)9-19-17(18-2)20-12-5-8-16-21-15(11-24-3)22-23(16)10-12;/h6-7,12H,4-5,8-11H2,1-3H3,(H2,18,19,20);1H. The highest BCUT2D eigenvalue weighted by Gasteiger charge is 2.22. The van der Waals surface area contributed by atoms with Crippen LogP contribution in [0.15, 0.2) is 17.1 Å². The summed E-state index contributed by atoms with van der Waals surface area (Å²) in [6.07, 6.45) is 3.02. The van der Waals surface area contributed by atoms with Crippen LogP contribution < -0.4 is 10.6 Å². The number of aliphatic imine (C=N–C) groups is 1. The summed E-state index contributed by atoms with van der Waals surface area (Å²) in [5.74, 6) is 2.63. The number of nitrogens with zero attached hydrogens (tertiary/aromatic N) is 4. The van der Waals surface area contributed by atoms with E-state index in [4.69, 9.17) is 4.74 Å². The van der Waals surface area contributed by atoms with Crippen molar-refractivity contribution in [1.29, 1.82) is 0 Å². The van der Waals surface area contributed by atoms with E-state index in [1.54, 1.807) is 7.11 Å². The largest absolute Gasteiger partial charge is 0.377 e. The number of rotatable bonds is 6. The number of hydrogen-bond donors (Lipinski definition) is 2. The third-order valence-corrected chi connectivity index (χ3v) is 5.47. The van der Waals surface area contributed by atoms with Gasteiger partial charge in [0.15, 0.2) is 11.8 Å². The molecule has 26 heavy (non-hydrogen) atoms. The molecule has 0 saturated carbocycles. The van der Waals surface area contributed by atoms with Crippen LogP contribution in [0, 0.1) is 0 Å². The summed E-state index contributed by atoms with van der Waals surface area (Å²) in [4.78, 5) is 11.6. The first kappa shape index (κ1) is 21.1. The predicted octanol–water partition coefficient (Wildman–Crippen LogP) is 2.35. The maximum absolute atomic E-state index is 5.12. The Labute approximate surface area is 175 Å². The Kier molecular flexibility index (Phi) is 8.29. The third kappa shape index (κ3) is 5.40. The number of aryl methyl sites for hydroxylation is 2. The van der Waals surface area contributed by atoms with Gasteiger partial charge >= 0.3 is 0 Å². The number of halogens is 1. The van der Waals surface area contributed by atoms with Crippen LogP contribution in [0.2, 0.25) is 0 Å². The van der Waals surface area contributed by atoms with Crippen LogP contribution in [0.5, 0.6) is 0 Å². The van der Waals surface area contributed by atoms with Crippen molar-refractivity contribution in [2.75, 3.05) is 14.2 Å². The molecule has 1 atom stereocenters. The van der Waals surface area contributed by atoms with E-state index in [9.17, 15) is 0 Å². The van der Waals surface area contributed by atoms with Crippen LogP contribution in [-0.2, 0) is 37.3 Å². The zero-order valence-corrected chi connectivity index (χ0v) is 18.6. The highest BCUT2D eigenvalue weighted by atomic mass is 127. The zero-order valence-electron chi connectivity index (χ0n) is 15.5. The number of aromatic nitrogens is 3. The monoisotopic (exact) mass is 490 g/mol. The molecule has 0 bridgehead atoms. The van der Waals surface area contributed by atoms with E-state index in [2.05, 4.69) is 44.8 Å². The molecular formula is C17H27IN6OS. The fourth-order valence-corrected chi connectivity index (χ4v) is 3.83. The summed E-state index contributed by atoms with van der Waals surface area (Å²) in [5, 5.41) is 11.4. The van der Waals surface area contributed by atoms with Crippen LogP contribution in [0.25, 0.3) is 0 Å². The van der Waals surface area contributed by atoms with Gasteiger partial charge in [0.1, 0.15) is 12.4 Å². The molecule has 144 valence electrons. The van der Waals surface area contributed by atoms with Crippen molar-refractivity contribution in [3.8, 4) is 0 Å². The van der Waals surface area contributed by atoms with Gasteiger partial charge in [0, 0.05) is 36.4 Å². The zero-order chi connectivity index (χ0) is 17.6. The molecule has 3 heterocycles. The maximum atomic E-state index is 5.12. The first-order valence-corrected chi connectivity index (χ1v) is 9.49. The molecule has 0 amide bonds. The second-order valence-electron chi connectivity index (χ2n) is 6.09. The van der Waals surface area contributed by atoms with Crippen molar-refractivity contribution in [2.45, 2.75) is 51.9 Å². The van der Waals surface area contributed by atoms with Crippen molar-refractivity contribution in [3.63, 3.8) is 0 Å². The molecule has 0 spiro atoms. The number of thiophene rings is 1. The molecule has 0 aliphatic carbocycles. The van der Waals surface area contributed by atoms with Gasteiger partial charge in [-0.3, -0.25) is 4.99 Å². The van der Waals surface area contributed by atoms with Gasteiger partial charge < -0.3 is 15.4 Å². The summed E-state index contributed by atoms with van der Waals surface area (Å²) in [6, 6.07) is 4.68. The fourth-order valence-electron chi connectivity index (χ4n) is 2.93. The first-order valence-electron chi connectivity index (χ1n) is 8.68. The summed E-state index contributed by atoms with van der Waals surface area (Å²) < 4.78 is 7.10. The van der Waals surface area contributed by atoms with Gasteiger partial charge in [0.25, 0.3) is 0 Å². The fraction of sp³-hybridized carbons (Fsp3) is 0.588. The lowest BCUT2D eigenvalue weighted by atomic mass is 10.1. The number of ether oxygens (including phenoxy) is 1. The molecule has 0 saturated heterocycles. The van der Waals surface area contributed by atoms with Gasteiger partial charge in [0.05, 0.1) is 13.1 Å². The molecule has 0 radical (unpaired) electrons. The summed E-state index contributed by atoms with van der Waals surface area (Å²) in [6.45, 7) is 4.24.